The Labute approximate surface area is 178 Å². The summed E-state index contributed by atoms with van der Waals surface area (Å²) in [5.41, 5.74) is 0.522. The lowest BCUT2D eigenvalue weighted by Crippen LogP contribution is -2.30. The molecule has 0 aliphatic carbocycles. The molecule has 1 N–H and O–H groups in total. The summed E-state index contributed by atoms with van der Waals surface area (Å²) in [6.45, 7) is 4.87. The fraction of sp³-hybridized carbons (Fsp3) is 0.222. The molecular formula is C18H16N4O6S2. The minimum atomic E-state index is -1.15. The predicted octanol–water partition coefficient (Wildman–Crippen LogP) is 3.99. The number of hydrogen-bond acceptors (Lipinski definition) is 10. The molecule has 0 saturated heterocycles. The summed E-state index contributed by atoms with van der Waals surface area (Å²) in [6, 6.07) is 5.50. The molecule has 0 aliphatic rings. The molecular weight excluding hydrogens is 432 g/mol. The van der Waals surface area contributed by atoms with Crippen LogP contribution in [0.15, 0.2) is 43.4 Å². The van der Waals surface area contributed by atoms with Gasteiger partial charge in [-0.2, -0.15) is 0 Å². The van der Waals surface area contributed by atoms with Crippen LogP contribution in [-0.4, -0.2) is 33.0 Å². The zero-order valence-corrected chi connectivity index (χ0v) is 17.7. The number of anilines is 1. The number of nitrogens with one attached hydrogen (secondary N) is 1. The molecule has 0 saturated carbocycles. The van der Waals surface area contributed by atoms with Gasteiger partial charge in [0.25, 0.3) is 11.6 Å². The highest BCUT2D eigenvalue weighted by atomic mass is 32.2. The van der Waals surface area contributed by atoms with Crippen LogP contribution in [0.25, 0.3) is 0 Å². The average molecular weight is 448 g/mol. The third-order valence-corrected chi connectivity index (χ3v) is 5.84. The Morgan fingerprint density at radius 3 is 2.70 bits per heavy atom. The number of nitro benzene ring substituents is 1. The number of amides is 1. The van der Waals surface area contributed by atoms with E-state index in [1.165, 1.54) is 36.5 Å². The van der Waals surface area contributed by atoms with Gasteiger partial charge in [0, 0.05) is 23.2 Å². The van der Waals surface area contributed by atoms with Gasteiger partial charge in [-0.3, -0.25) is 14.9 Å². The topological polar surface area (TPSA) is 137 Å². The van der Waals surface area contributed by atoms with Gasteiger partial charge in [-0.15, -0.1) is 11.3 Å². The van der Waals surface area contributed by atoms with Crippen LogP contribution in [0.2, 0.25) is 0 Å². The van der Waals surface area contributed by atoms with Gasteiger partial charge in [-0.05, 0) is 32.9 Å². The maximum atomic E-state index is 12.4. The van der Waals surface area contributed by atoms with Gasteiger partial charge >= 0.3 is 5.97 Å². The van der Waals surface area contributed by atoms with Crippen LogP contribution >= 0.6 is 23.1 Å². The predicted molar refractivity (Wildman–Crippen MR) is 109 cm³/mol. The number of carbonyl (C=O) groups excluding carboxylic acids is 2. The molecule has 0 spiro atoms. The van der Waals surface area contributed by atoms with Gasteiger partial charge < -0.3 is 14.6 Å². The molecule has 12 heteroatoms. The van der Waals surface area contributed by atoms with E-state index in [0.29, 0.717) is 15.0 Å². The standard InChI is InChI=1S/C18H16N4O6S2/c1-9-8-29-18(19-9)30-14-5-4-12(7-13(14)22(25)26)17(24)27-11(3)16(23)20-15-6-10(2)28-21-15/h4-8,11H,1-3H3,(H,20,21,23). The van der Waals surface area contributed by atoms with E-state index in [0.717, 1.165) is 23.5 Å². The molecule has 30 heavy (non-hydrogen) atoms. The number of aromatic nitrogens is 2. The van der Waals surface area contributed by atoms with Crippen molar-refractivity contribution in [3.8, 4) is 0 Å². The summed E-state index contributed by atoms with van der Waals surface area (Å²) in [5, 5.41) is 19.4. The SMILES string of the molecule is Cc1csc(Sc2ccc(C(=O)OC(C)C(=O)Nc3cc(C)on3)cc2[N+](=O)[O-])n1. The number of hydrogen-bond donors (Lipinski definition) is 1. The number of aryl methyl sites for hydroxylation is 2. The second kappa shape index (κ2) is 9.05. The summed E-state index contributed by atoms with van der Waals surface area (Å²) in [5.74, 6) is -0.779. The number of rotatable bonds is 7. The molecule has 1 unspecified atom stereocenters. The number of thiazole rings is 1. The highest BCUT2D eigenvalue weighted by Gasteiger charge is 2.23. The Bertz CT molecular complexity index is 1110. The molecule has 0 radical (unpaired) electrons. The first-order valence-corrected chi connectivity index (χ1v) is 10.3. The molecule has 3 aromatic rings. The minimum Gasteiger partial charge on any atom is -0.449 e. The number of ether oxygens (including phenoxy) is 1. The zero-order chi connectivity index (χ0) is 21.8. The normalized spacial score (nSPS) is 11.7. The van der Waals surface area contributed by atoms with E-state index in [4.69, 9.17) is 9.26 Å². The molecule has 0 aliphatic heterocycles. The monoisotopic (exact) mass is 448 g/mol. The van der Waals surface area contributed by atoms with Crippen LogP contribution in [0.3, 0.4) is 0 Å². The van der Waals surface area contributed by atoms with Gasteiger partial charge in [0.1, 0.15) is 5.76 Å². The van der Waals surface area contributed by atoms with Crippen LogP contribution in [0, 0.1) is 24.0 Å². The zero-order valence-electron chi connectivity index (χ0n) is 16.1. The highest BCUT2D eigenvalue weighted by molar-refractivity contribution is 8.01. The van der Waals surface area contributed by atoms with Gasteiger partial charge in [0.2, 0.25) is 0 Å². The summed E-state index contributed by atoms with van der Waals surface area (Å²) in [4.78, 5) is 40.0. The van der Waals surface area contributed by atoms with Crippen molar-refractivity contribution in [3.05, 3.63) is 56.8 Å². The van der Waals surface area contributed by atoms with E-state index < -0.39 is 22.9 Å². The summed E-state index contributed by atoms with van der Waals surface area (Å²) in [6.07, 6.45) is -1.15. The fourth-order valence-corrected chi connectivity index (χ4v) is 4.16. The van der Waals surface area contributed by atoms with Gasteiger partial charge in [0.05, 0.1) is 15.4 Å². The lowest BCUT2D eigenvalue weighted by Gasteiger charge is -2.12. The smallest absolute Gasteiger partial charge is 0.339 e. The van der Waals surface area contributed by atoms with Crippen molar-refractivity contribution in [1.82, 2.24) is 10.1 Å². The molecule has 1 atom stereocenters. The van der Waals surface area contributed by atoms with Gasteiger partial charge in [-0.1, -0.05) is 16.9 Å². The molecule has 1 aromatic carbocycles. The maximum absolute atomic E-state index is 12.4. The molecule has 3 rings (SSSR count). The molecule has 0 fully saturated rings. The summed E-state index contributed by atoms with van der Waals surface area (Å²) >= 11 is 2.51. The van der Waals surface area contributed by atoms with E-state index >= 15 is 0 Å². The van der Waals surface area contributed by atoms with Crippen LogP contribution < -0.4 is 5.32 Å². The Morgan fingerprint density at radius 2 is 2.10 bits per heavy atom. The van der Waals surface area contributed by atoms with E-state index in [1.54, 1.807) is 6.92 Å². The number of nitrogens with zero attached hydrogens (tertiary/aromatic N) is 3. The van der Waals surface area contributed by atoms with Gasteiger partial charge in [0.15, 0.2) is 16.3 Å². The third-order valence-electron chi connectivity index (χ3n) is 3.72. The molecule has 0 bridgehead atoms. The summed E-state index contributed by atoms with van der Waals surface area (Å²) < 4.78 is 10.6. The van der Waals surface area contributed by atoms with E-state index in [1.807, 2.05) is 12.3 Å². The van der Waals surface area contributed by atoms with E-state index in [2.05, 4.69) is 15.5 Å². The molecule has 2 heterocycles. The quantitative estimate of drug-likeness (QED) is 0.323. The Kier molecular flexibility index (Phi) is 6.47. The number of esters is 1. The molecule has 10 nitrogen and oxygen atoms in total. The highest BCUT2D eigenvalue weighted by Crippen LogP contribution is 2.36. The van der Waals surface area contributed by atoms with E-state index in [9.17, 15) is 19.7 Å². The van der Waals surface area contributed by atoms with Crippen LogP contribution in [0.5, 0.6) is 0 Å². The lowest BCUT2D eigenvalue weighted by atomic mass is 10.2. The number of benzene rings is 1. The first kappa shape index (κ1) is 21.5. The van der Waals surface area contributed by atoms with Crippen LogP contribution in [0.4, 0.5) is 11.5 Å². The Morgan fingerprint density at radius 1 is 1.33 bits per heavy atom. The summed E-state index contributed by atoms with van der Waals surface area (Å²) in [7, 11) is 0. The third kappa shape index (κ3) is 5.21. The van der Waals surface area contributed by atoms with Crippen LogP contribution in [0.1, 0.15) is 28.7 Å². The fourth-order valence-electron chi connectivity index (χ4n) is 2.28. The van der Waals surface area contributed by atoms with Crippen molar-refractivity contribution >= 4 is 46.5 Å². The van der Waals surface area contributed by atoms with Gasteiger partial charge in [-0.25, -0.2) is 9.78 Å². The molecule has 2 aromatic heterocycles. The second-order valence-corrected chi connectivity index (χ2v) is 8.30. The molecule has 156 valence electrons. The van der Waals surface area contributed by atoms with Crippen molar-refractivity contribution < 1.29 is 23.8 Å². The number of nitro groups is 1. The largest absolute Gasteiger partial charge is 0.449 e. The van der Waals surface area contributed by atoms with Crippen molar-refractivity contribution in [2.24, 2.45) is 0 Å². The van der Waals surface area contributed by atoms with E-state index in [-0.39, 0.29) is 17.1 Å². The van der Waals surface area contributed by atoms with Crippen molar-refractivity contribution in [2.75, 3.05) is 5.32 Å². The Balaban J connectivity index is 1.71. The molecule has 1 amide bonds. The maximum Gasteiger partial charge on any atom is 0.339 e. The van der Waals surface area contributed by atoms with Crippen molar-refractivity contribution in [2.45, 2.75) is 36.1 Å². The van der Waals surface area contributed by atoms with Crippen molar-refractivity contribution in [1.29, 1.82) is 0 Å². The second-order valence-electron chi connectivity index (χ2n) is 6.16. The first-order valence-electron chi connectivity index (χ1n) is 8.56. The lowest BCUT2D eigenvalue weighted by molar-refractivity contribution is -0.387. The average Bonchev–Trinajstić information content (AvgIpc) is 3.29. The minimum absolute atomic E-state index is 0.0432. The van der Waals surface area contributed by atoms with Crippen LogP contribution in [-0.2, 0) is 9.53 Å². The Hall–Kier alpha value is -3.25. The first-order chi connectivity index (χ1) is 14.2. The number of carbonyl (C=O) groups is 2. The van der Waals surface area contributed by atoms with Crippen molar-refractivity contribution in [3.63, 3.8) is 0 Å².